The Bertz CT molecular complexity index is 892. The molecule has 9 nitrogen and oxygen atoms in total. The molecule has 0 fully saturated rings. The summed E-state index contributed by atoms with van der Waals surface area (Å²) >= 11 is 0. The Labute approximate surface area is 154 Å². The van der Waals surface area contributed by atoms with E-state index in [0.29, 0.717) is 11.3 Å². The molecule has 2 aromatic rings. The molecule has 0 radical (unpaired) electrons. The highest BCUT2D eigenvalue weighted by Gasteiger charge is 2.14. The van der Waals surface area contributed by atoms with Gasteiger partial charge in [-0.15, -0.1) is 0 Å². The van der Waals surface area contributed by atoms with Crippen LogP contribution in [0, 0.1) is 17.0 Å². The number of hydrogen-bond donors (Lipinski definition) is 2. The number of hydrogen-bond acceptors (Lipinski definition) is 6. The van der Waals surface area contributed by atoms with Gasteiger partial charge in [-0.05, 0) is 36.8 Å². The fourth-order valence-electron chi connectivity index (χ4n) is 2.15. The van der Waals surface area contributed by atoms with Crippen molar-refractivity contribution in [2.24, 2.45) is 0 Å². The second-order valence-electron chi connectivity index (χ2n) is 5.64. The van der Waals surface area contributed by atoms with Crippen LogP contribution in [0.15, 0.2) is 42.5 Å². The molecule has 0 saturated carbocycles. The maximum atomic E-state index is 12.0. The number of esters is 1. The van der Waals surface area contributed by atoms with Gasteiger partial charge in [0.05, 0.1) is 16.2 Å². The fourth-order valence-corrected chi connectivity index (χ4v) is 2.15. The van der Waals surface area contributed by atoms with Crippen molar-refractivity contribution in [3.05, 3.63) is 63.7 Å². The monoisotopic (exact) mass is 371 g/mol. The SMILES string of the molecule is CC(=O)Nc1ccc(C(=O)OCC(=O)Nc2cc([N+](=O)[O-])ccc2C)cc1. The Morgan fingerprint density at radius 3 is 2.33 bits per heavy atom. The maximum absolute atomic E-state index is 12.0. The number of nitro groups is 1. The summed E-state index contributed by atoms with van der Waals surface area (Å²) in [5.74, 6) is -1.57. The first kappa shape index (κ1) is 19.6. The Balaban J connectivity index is 1.93. The number of anilines is 2. The highest BCUT2D eigenvalue weighted by atomic mass is 16.6. The molecular weight excluding hydrogens is 354 g/mol. The standard InChI is InChI=1S/C18H17N3O6/c1-11-3-8-15(21(25)26)9-16(11)20-17(23)10-27-18(24)13-4-6-14(7-5-13)19-12(2)22/h3-9H,10H2,1-2H3,(H,19,22)(H,20,23). The zero-order valence-corrected chi connectivity index (χ0v) is 14.6. The predicted octanol–water partition coefficient (Wildman–Crippen LogP) is 2.66. The molecule has 0 aliphatic rings. The zero-order chi connectivity index (χ0) is 20.0. The van der Waals surface area contributed by atoms with E-state index in [4.69, 9.17) is 4.74 Å². The summed E-state index contributed by atoms with van der Waals surface area (Å²) in [5, 5.41) is 15.8. The van der Waals surface area contributed by atoms with Gasteiger partial charge in [-0.2, -0.15) is 0 Å². The number of nitrogens with one attached hydrogen (secondary N) is 2. The van der Waals surface area contributed by atoms with Gasteiger partial charge < -0.3 is 15.4 Å². The molecule has 2 rings (SSSR count). The Kier molecular flexibility index (Phi) is 6.21. The van der Waals surface area contributed by atoms with Crippen molar-refractivity contribution in [2.45, 2.75) is 13.8 Å². The zero-order valence-electron chi connectivity index (χ0n) is 14.6. The number of nitrogens with zero attached hydrogens (tertiary/aromatic N) is 1. The lowest BCUT2D eigenvalue weighted by molar-refractivity contribution is -0.384. The van der Waals surface area contributed by atoms with Crippen molar-refractivity contribution in [2.75, 3.05) is 17.2 Å². The van der Waals surface area contributed by atoms with Gasteiger partial charge >= 0.3 is 5.97 Å². The van der Waals surface area contributed by atoms with Crippen molar-refractivity contribution in [1.29, 1.82) is 0 Å². The lowest BCUT2D eigenvalue weighted by atomic mass is 10.2. The minimum absolute atomic E-state index is 0.160. The van der Waals surface area contributed by atoms with Crippen molar-refractivity contribution < 1.29 is 24.0 Å². The number of ether oxygens (including phenoxy) is 1. The Morgan fingerprint density at radius 1 is 1.07 bits per heavy atom. The minimum atomic E-state index is -0.713. The summed E-state index contributed by atoms with van der Waals surface area (Å²) in [7, 11) is 0. The second-order valence-corrected chi connectivity index (χ2v) is 5.64. The highest BCUT2D eigenvalue weighted by molar-refractivity contribution is 5.96. The molecule has 2 amide bonds. The molecule has 27 heavy (non-hydrogen) atoms. The van der Waals surface area contributed by atoms with Gasteiger partial charge in [0.2, 0.25) is 5.91 Å². The third kappa shape index (κ3) is 5.63. The third-order valence-electron chi connectivity index (χ3n) is 3.48. The van der Waals surface area contributed by atoms with Crippen LogP contribution in [0.4, 0.5) is 17.1 Å². The van der Waals surface area contributed by atoms with E-state index in [1.165, 1.54) is 49.4 Å². The topological polar surface area (TPSA) is 128 Å². The Morgan fingerprint density at radius 2 is 1.74 bits per heavy atom. The molecule has 0 spiro atoms. The van der Waals surface area contributed by atoms with Crippen LogP contribution < -0.4 is 10.6 Å². The van der Waals surface area contributed by atoms with E-state index in [0.717, 1.165) is 0 Å². The Hall–Kier alpha value is -3.75. The van der Waals surface area contributed by atoms with E-state index in [9.17, 15) is 24.5 Å². The molecule has 2 N–H and O–H groups in total. The summed E-state index contributed by atoms with van der Waals surface area (Å²) in [6.45, 7) is 2.50. The third-order valence-corrected chi connectivity index (χ3v) is 3.48. The van der Waals surface area contributed by atoms with Crippen molar-refractivity contribution >= 4 is 34.8 Å². The first-order chi connectivity index (χ1) is 12.8. The van der Waals surface area contributed by atoms with Crippen molar-refractivity contribution in [3.63, 3.8) is 0 Å². The number of carbonyl (C=O) groups is 3. The largest absolute Gasteiger partial charge is 0.452 e. The van der Waals surface area contributed by atoms with E-state index in [1.54, 1.807) is 6.92 Å². The van der Waals surface area contributed by atoms with Gasteiger partial charge in [0.1, 0.15) is 0 Å². The van der Waals surface area contributed by atoms with Gasteiger partial charge in [-0.3, -0.25) is 19.7 Å². The quantitative estimate of drug-likeness (QED) is 0.456. The van der Waals surface area contributed by atoms with Crippen LogP contribution in [0.3, 0.4) is 0 Å². The molecule has 2 aromatic carbocycles. The van der Waals surface area contributed by atoms with Gasteiger partial charge in [0.15, 0.2) is 6.61 Å². The minimum Gasteiger partial charge on any atom is -0.452 e. The molecule has 0 unspecified atom stereocenters. The molecule has 0 aromatic heterocycles. The van der Waals surface area contributed by atoms with E-state index < -0.39 is 23.4 Å². The van der Waals surface area contributed by atoms with Crippen LogP contribution in [0.2, 0.25) is 0 Å². The van der Waals surface area contributed by atoms with Gasteiger partial charge in [0.25, 0.3) is 11.6 Å². The number of amides is 2. The number of non-ortho nitro benzene ring substituents is 1. The molecule has 0 aliphatic carbocycles. The van der Waals surface area contributed by atoms with Crippen LogP contribution in [0.5, 0.6) is 0 Å². The fraction of sp³-hybridized carbons (Fsp3) is 0.167. The van der Waals surface area contributed by atoms with E-state index >= 15 is 0 Å². The summed E-state index contributed by atoms with van der Waals surface area (Å²) < 4.78 is 4.93. The van der Waals surface area contributed by atoms with E-state index in [-0.39, 0.29) is 22.8 Å². The first-order valence-electron chi connectivity index (χ1n) is 7.86. The van der Waals surface area contributed by atoms with Gasteiger partial charge in [-0.25, -0.2) is 4.79 Å². The molecule has 0 bridgehead atoms. The molecular formula is C18H17N3O6. The lowest BCUT2D eigenvalue weighted by Crippen LogP contribution is -2.21. The van der Waals surface area contributed by atoms with Crippen LogP contribution in [-0.4, -0.2) is 29.3 Å². The number of rotatable bonds is 6. The van der Waals surface area contributed by atoms with Crippen molar-refractivity contribution in [1.82, 2.24) is 0 Å². The second kappa shape index (κ2) is 8.56. The average molecular weight is 371 g/mol. The smallest absolute Gasteiger partial charge is 0.338 e. The molecule has 0 atom stereocenters. The number of benzene rings is 2. The molecule has 9 heteroatoms. The van der Waals surface area contributed by atoms with Crippen molar-refractivity contribution in [3.8, 4) is 0 Å². The lowest BCUT2D eigenvalue weighted by Gasteiger charge is -2.09. The van der Waals surface area contributed by atoms with Crippen LogP contribution >= 0.6 is 0 Å². The summed E-state index contributed by atoms with van der Waals surface area (Å²) in [6, 6.07) is 10.0. The molecule has 0 saturated heterocycles. The molecule has 0 heterocycles. The van der Waals surface area contributed by atoms with E-state index in [2.05, 4.69) is 10.6 Å². The van der Waals surface area contributed by atoms with Crippen LogP contribution in [-0.2, 0) is 14.3 Å². The number of carbonyl (C=O) groups excluding carboxylic acids is 3. The van der Waals surface area contributed by atoms with E-state index in [1.807, 2.05) is 0 Å². The van der Waals surface area contributed by atoms with Gasteiger partial charge in [-0.1, -0.05) is 6.07 Å². The first-order valence-corrected chi connectivity index (χ1v) is 7.86. The average Bonchev–Trinajstić information content (AvgIpc) is 2.61. The maximum Gasteiger partial charge on any atom is 0.338 e. The predicted molar refractivity (Wildman–Crippen MR) is 97.5 cm³/mol. The van der Waals surface area contributed by atoms with Crippen LogP contribution in [0.25, 0.3) is 0 Å². The summed E-state index contributed by atoms with van der Waals surface area (Å²) in [5.41, 5.74) is 1.48. The highest BCUT2D eigenvalue weighted by Crippen LogP contribution is 2.21. The summed E-state index contributed by atoms with van der Waals surface area (Å²) in [4.78, 5) is 45.1. The number of nitro benzene ring substituents is 1. The van der Waals surface area contributed by atoms with Gasteiger partial charge in [0, 0.05) is 24.7 Å². The number of aryl methyl sites for hydroxylation is 1. The van der Waals surface area contributed by atoms with Crippen LogP contribution in [0.1, 0.15) is 22.8 Å². The molecule has 140 valence electrons. The molecule has 0 aliphatic heterocycles. The summed E-state index contributed by atoms with van der Waals surface area (Å²) in [6.07, 6.45) is 0. The normalized spacial score (nSPS) is 10.0.